The van der Waals surface area contributed by atoms with Crippen molar-refractivity contribution in [3.05, 3.63) is 65.6 Å². The van der Waals surface area contributed by atoms with E-state index >= 15 is 0 Å². The van der Waals surface area contributed by atoms with Gasteiger partial charge in [0.15, 0.2) is 0 Å². The van der Waals surface area contributed by atoms with Gasteiger partial charge in [0.1, 0.15) is 18.0 Å². The highest BCUT2D eigenvalue weighted by Crippen LogP contribution is 2.16. The lowest BCUT2D eigenvalue weighted by molar-refractivity contribution is 0.0953. The van der Waals surface area contributed by atoms with E-state index in [4.69, 9.17) is 10.5 Å². The van der Waals surface area contributed by atoms with Crippen LogP contribution in [0, 0.1) is 6.92 Å². The molecule has 0 aliphatic carbocycles. The molecule has 1 aromatic carbocycles. The zero-order valence-electron chi connectivity index (χ0n) is 14.2. The third-order valence-corrected chi connectivity index (χ3v) is 3.80. The van der Waals surface area contributed by atoms with Gasteiger partial charge in [-0.25, -0.2) is 4.98 Å². The third-order valence-electron chi connectivity index (χ3n) is 3.80. The number of nitrogens with two attached hydrogens (primary N) is 1. The number of ether oxygens (including phenoxy) is 1. The molecular formula is C19H22N4O2. The number of nitrogens with one attached hydrogen (secondary N) is 1. The Labute approximate surface area is 146 Å². The molecule has 3 rings (SSSR count). The van der Waals surface area contributed by atoms with Gasteiger partial charge in [-0.05, 0) is 49.7 Å². The molecule has 6 heteroatoms. The number of carbonyl (C=O) groups excluding carboxylic acids is 1. The van der Waals surface area contributed by atoms with E-state index in [0.29, 0.717) is 31.0 Å². The quantitative estimate of drug-likeness (QED) is 0.648. The van der Waals surface area contributed by atoms with Crippen molar-refractivity contribution in [2.75, 3.05) is 13.1 Å². The Kier molecular flexibility index (Phi) is 5.30. The molecule has 3 N–H and O–H groups in total. The molecule has 2 heterocycles. The van der Waals surface area contributed by atoms with Gasteiger partial charge in [0.05, 0.1) is 5.69 Å². The Bertz CT molecular complexity index is 873. The summed E-state index contributed by atoms with van der Waals surface area (Å²) < 4.78 is 7.77. The van der Waals surface area contributed by atoms with Crippen LogP contribution in [0.5, 0.6) is 5.75 Å². The zero-order valence-corrected chi connectivity index (χ0v) is 14.2. The summed E-state index contributed by atoms with van der Waals surface area (Å²) in [6.45, 7) is 3.52. The van der Waals surface area contributed by atoms with Crippen LogP contribution < -0.4 is 15.8 Å². The largest absolute Gasteiger partial charge is 0.487 e. The Hall–Kier alpha value is -2.86. The van der Waals surface area contributed by atoms with Crippen molar-refractivity contribution in [1.82, 2.24) is 14.7 Å². The average molecular weight is 338 g/mol. The summed E-state index contributed by atoms with van der Waals surface area (Å²) in [6, 6.07) is 11.1. The molecule has 130 valence electrons. The molecule has 0 spiro atoms. The van der Waals surface area contributed by atoms with Gasteiger partial charge in [-0.2, -0.15) is 0 Å². The van der Waals surface area contributed by atoms with Crippen LogP contribution in [0.15, 0.2) is 48.8 Å². The van der Waals surface area contributed by atoms with Crippen molar-refractivity contribution in [1.29, 1.82) is 0 Å². The number of imidazole rings is 1. The number of hydrogen-bond acceptors (Lipinski definition) is 4. The molecule has 1 amide bonds. The fraction of sp³-hybridized carbons (Fsp3) is 0.263. The van der Waals surface area contributed by atoms with Crippen molar-refractivity contribution < 1.29 is 9.53 Å². The second kappa shape index (κ2) is 7.81. The van der Waals surface area contributed by atoms with E-state index in [-0.39, 0.29) is 5.91 Å². The number of rotatable bonds is 7. The van der Waals surface area contributed by atoms with Crippen LogP contribution in [0.4, 0.5) is 0 Å². The van der Waals surface area contributed by atoms with Crippen LogP contribution in [-0.2, 0) is 6.61 Å². The van der Waals surface area contributed by atoms with E-state index in [0.717, 1.165) is 17.8 Å². The smallest absolute Gasteiger partial charge is 0.251 e. The molecule has 2 aromatic heterocycles. The van der Waals surface area contributed by atoms with Crippen LogP contribution >= 0.6 is 0 Å². The van der Waals surface area contributed by atoms with E-state index in [2.05, 4.69) is 10.3 Å². The van der Waals surface area contributed by atoms with Gasteiger partial charge in [0.25, 0.3) is 5.91 Å². The SMILES string of the molecule is Cc1ccc2nc(COc3cccc(C(=O)NCCCN)c3)cn2c1. The summed E-state index contributed by atoms with van der Waals surface area (Å²) in [6.07, 6.45) is 4.74. The summed E-state index contributed by atoms with van der Waals surface area (Å²) in [4.78, 5) is 16.6. The number of aromatic nitrogens is 2. The van der Waals surface area contributed by atoms with Gasteiger partial charge in [-0.3, -0.25) is 4.79 Å². The molecule has 0 fully saturated rings. The number of pyridine rings is 1. The predicted octanol–water partition coefficient (Wildman–Crippen LogP) is 2.30. The van der Waals surface area contributed by atoms with Gasteiger partial charge in [0, 0.05) is 24.5 Å². The molecule has 0 aliphatic heterocycles. The van der Waals surface area contributed by atoms with E-state index in [1.54, 1.807) is 18.2 Å². The van der Waals surface area contributed by atoms with Gasteiger partial charge < -0.3 is 20.2 Å². The zero-order chi connectivity index (χ0) is 17.6. The highest BCUT2D eigenvalue weighted by molar-refractivity contribution is 5.94. The maximum Gasteiger partial charge on any atom is 0.251 e. The molecule has 0 radical (unpaired) electrons. The Balaban J connectivity index is 1.64. The molecule has 0 saturated carbocycles. The summed E-state index contributed by atoms with van der Waals surface area (Å²) >= 11 is 0. The first-order valence-electron chi connectivity index (χ1n) is 8.31. The summed E-state index contributed by atoms with van der Waals surface area (Å²) in [5, 5.41) is 2.83. The molecule has 3 aromatic rings. The fourth-order valence-corrected chi connectivity index (χ4v) is 2.52. The van der Waals surface area contributed by atoms with Crippen LogP contribution in [-0.4, -0.2) is 28.4 Å². The first kappa shape index (κ1) is 17.0. The van der Waals surface area contributed by atoms with Gasteiger partial charge >= 0.3 is 0 Å². The van der Waals surface area contributed by atoms with E-state index in [1.165, 1.54) is 5.56 Å². The minimum atomic E-state index is -0.123. The second-order valence-electron chi connectivity index (χ2n) is 5.92. The standard InChI is InChI=1S/C19H22N4O2/c1-14-6-7-18-22-16(12-23(18)11-14)13-25-17-5-2-4-15(10-17)19(24)21-9-3-8-20/h2,4-7,10-12H,3,8-9,13,20H2,1H3,(H,21,24). The fourth-order valence-electron chi connectivity index (χ4n) is 2.52. The molecule has 0 saturated heterocycles. The molecule has 0 bridgehead atoms. The summed E-state index contributed by atoms with van der Waals surface area (Å²) in [5.41, 5.74) is 8.89. The average Bonchev–Trinajstić information content (AvgIpc) is 3.02. The summed E-state index contributed by atoms with van der Waals surface area (Å²) in [7, 11) is 0. The maximum atomic E-state index is 12.1. The van der Waals surface area contributed by atoms with Crippen molar-refractivity contribution in [2.24, 2.45) is 5.73 Å². The lowest BCUT2D eigenvalue weighted by atomic mass is 10.2. The number of fused-ring (bicyclic) bond motifs is 1. The first-order valence-corrected chi connectivity index (χ1v) is 8.31. The lowest BCUT2D eigenvalue weighted by Crippen LogP contribution is -2.25. The maximum absolute atomic E-state index is 12.1. The van der Waals surface area contributed by atoms with E-state index in [9.17, 15) is 4.79 Å². The first-order chi connectivity index (χ1) is 12.2. The van der Waals surface area contributed by atoms with Gasteiger partial charge in [0.2, 0.25) is 0 Å². The molecule has 0 unspecified atom stereocenters. The topological polar surface area (TPSA) is 81.6 Å². The van der Waals surface area contributed by atoms with Crippen molar-refractivity contribution >= 4 is 11.6 Å². The molecule has 0 aliphatic rings. The third kappa shape index (κ3) is 4.36. The minimum Gasteiger partial charge on any atom is -0.487 e. The molecule has 6 nitrogen and oxygen atoms in total. The Morgan fingerprint density at radius 2 is 2.16 bits per heavy atom. The van der Waals surface area contributed by atoms with Crippen LogP contribution in [0.2, 0.25) is 0 Å². The van der Waals surface area contributed by atoms with Crippen LogP contribution in [0.1, 0.15) is 28.0 Å². The van der Waals surface area contributed by atoms with Crippen molar-refractivity contribution in [3.8, 4) is 5.75 Å². The number of amides is 1. The highest BCUT2D eigenvalue weighted by atomic mass is 16.5. The van der Waals surface area contributed by atoms with Crippen LogP contribution in [0.3, 0.4) is 0 Å². The molecular weight excluding hydrogens is 316 g/mol. The minimum absolute atomic E-state index is 0.123. The molecule has 25 heavy (non-hydrogen) atoms. The van der Waals surface area contributed by atoms with Gasteiger partial charge in [-0.15, -0.1) is 0 Å². The Morgan fingerprint density at radius 1 is 1.28 bits per heavy atom. The van der Waals surface area contributed by atoms with Gasteiger partial charge in [-0.1, -0.05) is 12.1 Å². The number of hydrogen-bond donors (Lipinski definition) is 2. The lowest BCUT2D eigenvalue weighted by Gasteiger charge is -2.07. The number of carbonyl (C=O) groups is 1. The van der Waals surface area contributed by atoms with E-state index < -0.39 is 0 Å². The number of nitrogens with zero attached hydrogens (tertiary/aromatic N) is 2. The number of benzene rings is 1. The predicted molar refractivity (Wildman–Crippen MR) is 96.7 cm³/mol. The number of aryl methyl sites for hydroxylation is 1. The molecule has 0 atom stereocenters. The normalized spacial score (nSPS) is 10.8. The van der Waals surface area contributed by atoms with E-state index in [1.807, 2.05) is 41.9 Å². The highest BCUT2D eigenvalue weighted by Gasteiger charge is 2.07. The van der Waals surface area contributed by atoms with Crippen LogP contribution in [0.25, 0.3) is 5.65 Å². The van der Waals surface area contributed by atoms with Crippen molar-refractivity contribution in [2.45, 2.75) is 20.0 Å². The monoisotopic (exact) mass is 338 g/mol. The van der Waals surface area contributed by atoms with Crippen molar-refractivity contribution in [3.63, 3.8) is 0 Å². The Morgan fingerprint density at radius 3 is 3.00 bits per heavy atom. The summed E-state index contributed by atoms with van der Waals surface area (Å²) in [5.74, 6) is 0.516. The second-order valence-corrected chi connectivity index (χ2v) is 5.92.